The summed E-state index contributed by atoms with van der Waals surface area (Å²) in [5.74, 6) is 0.817. The van der Waals surface area contributed by atoms with E-state index < -0.39 is 5.41 Å². The SMILES string of the molecule is COc1ccccc1C(C#N)(CCC=O)C(C)C. The Labute approximate surface area is 108 Å². The van der Waals surface area contributed by atoms with Gasteiger partial charge in [0.2, 0.25) is 0 Å². The van der Waals surface area contributed by atoms with E-state index in [1.165, 1.54) is 0 Å². The first-order chi connectivity index (χ1) is 8.62. The minimum atomic E-state index is -0.673. The number of carbonyl (C=O) groups is 1. The minimum Gasteiger partial charge on any atom is -0.496 e. The second-order valence-corrected chi connectivity index (χ2v) is 4.64. The molecule has 0 saturated heterocycles. The van der Waals surface area contributed by atoms with Crippen LogP contribution in [0.25, 0.3) is 0 Å². The normalized spacial score (nSPS) is 13.7. The second kappa shape index (κ2) is 6.20. The lowest BCUT2D eigenvalue weighted by Crippen LogP contribution is -2.31. The highest BCUT2D eigenvalue weighted by atomic mass is 16.5. The van der Waals surface area contributed by atoms with Gasteiger partial charge in [0.1, 0.15) is 12.0 Å². The molecule has 0 fully saturated rings. The van der Waals surface area contributed by atoms with E-state index in [1.54, 1.807) is 7.11 Å². The maximum Gasteiger partial charge on any atom is 0.123 e. The number of para-hydroxylation sites is 1. The summed E-state index contributed by atoms with van der Waals surface area (Å²) >= 11 is 0. The molecule has 18 heavy (non-hydrogen) atoms. The standard InChI is InChI=1S/C15H19NO2/c1-12(2)15(11-16,9-6-10-17)13-7-4-5-8-14(13)18-3/h4-5,7-8,10,12H,6,9H2,1-3H3. The summed E-state index contributed by atoms with van der Waals surface area (Å²) in [6.45, 7) is 4.00. The number of methoxy groups -OCH3 is 1. The Balaban J connectivity index is 3.33. The average molecular weight is 245 g/mol. The van der Waals surface area contributed by atoms with Gasteiger partial charge in [-0.15, -0.1) is 0 Å². The van der Waals surface area contributed by atoms with Gasteiger partial charge in [0.05, 0.1) is 18.6 Å². The quantitative estimate of drug-likeness (QED) is 0.724. The van der Waals surface area contributed by atoms with Crippen molar-refractivity contribution >= 4 is 6.29 Å². The zero-order valence-electron chi connectivity index (χ0n) is 11.1. The fourth-order valence-electron chi connectivity index (χ4n) is 2.28. The first-order valence-electron chi connectivity index (χ1n) is 6.10. The van der Waals surface area contributed by atoms with Gasteiger partial charge in [-0.3, -0.25) is 0 Å². The van der Waals surface area contributed by atoms with Crippen LogP contribution in [-0.4, -0.2) is 13.4 Å². The zero-order chi connectivity index (χ0) is 13.6. The molecule has 0 amide bonds. The van der Waals surface area contributed by atoms with Gasteiger partial charge < -0.3 is 9.53 Å². The van der Waals surface area contributed by atoms with Crippen LogP contribution in [0.4, 0.5) is 0 Å². The van der Waals surface area contributed by atoms with Crippen molar-refractivity contribution < 1.29 is 9.53 Å². The summed E-state index contributed by atoms with van der Waals surface area (Å²) in [7, 11) is 1.60. The Morgan fingerprint density at radius 2 is 2.11 bits per heavy atom. The summed E-state index contributed by atoms with van der Waals surface area (Å²) in [6, 6.07) is 9.94. The summed E-state index contributed by atoms with van der Waals surface area (Å²) in [4.78, 5) is 10.6. The van der Waals surface area contributed by atoms with Crippen LogP contribution in [-0.2, 0) is 10.2 Å². The van der Waals surface area contributed by atoms with E-state index >= 15 is 0 Å². The molecule has 0 saturated carbocycles. The summed E-state index contributed by atoms with van der Waals surface area (Å²) < 4.78 is 5.34. The Kier molecular flexibility index (Phi) is 4.91. The summed E-state index contributed by atoms with van der Waals surface area (Å²) in [5, 5.41) is 9.63. The third-order valence-electron chi connectivity index (χ3n) is 3.43. The molecular weight excluding hydrogens is 226 g/mol. The predicted molar refractivity (Wildman–Crippen MR) is 70.4 cm³/mol. The predicted octanol–water partition coefficient (Wildman–Crippen LogP) is 3.09. The molecule has 0 radical (unpaired) electrons. The average Bonchev–Trinajstić information content (AvgIpc) is 2.40. The van der Waals surface area contributed by atoms with E-state index in [0.29, 0.717) is 18.6 Å². The van der Waals surface area contributed by atoms with Crippen LogP contribution in [0.1, 0.15) is 32.3 Å². The van der Waals surface area contributed by atoms with Gasteiger partial charge >= 0.3 is 0 Å². The van der Waals surface area contributed by atoms with E-state index in [-0.39, 0.29) is 5.92 Å². The molecule has 1 aromatic carbocycles. The van der Waals surface area contributed by atoms with Crippen LogP contribution in [0.5, 0.6) is 5.75 Å². The Bertz CT molecular complexity index is 448. The number of nitrogens with zero attached hydrogens (tertiary/aromatic N) is 1. The van der Waals surface area contributed by atoms with Gasteiger partial charge in [-0.2, -0.15) is 5.26 Å². The van der Waals surface area contributed by atoms with Gasteiger partial charge in [0.15, 0.2) is 0 Å². The van der Waals surface area contributed by atoms with Crippen LogP contribution >= 0.6 is 0 Å². The largest absolute Gasteiger partial charge is 0.496 e. The van der Waals surface area contributed by atoms with Crippen molar-refractivity contribution in [2.24, 2.45) is 5.92 Å². The molecule has 1 rings (SSSR count). The van der Waals surface area contributed by atoms with Crippen LogP contribution in [0.3, 0.4) is 0 Å². The molecule has 0 aliphatic heterocycles. The molecule has 0 aliphatic rings. The minimum absolute atomic E-state index is 0.110. The van der Waals surface area contributed by atoms with E-state index in [9.17, 15) is 10.1 Å². The number of hydrogen-bond donors (Lipinski definition) is 0. The topological polar surface area (TPSA) is 50.1 Å². The molecule has 1 atom stereocenters. The van der Waals surface area contributed by atoms with Crippen molar-refractivity contribution in [3.8, 4) is 11.8 Å². The van der Waals surface area contributed by atoms with Crippen molar-refractivity contribution in [3.63, 3.8) is 0 Å². The Hall–Kier alpha value is -1.82. The molecule has 0 heterocycles. The Morgan fingerprint density at radius 1 is 1.44 bits per heavy atom. The van der Waals surface area contributed by atoms with E-state index in [2.05, 4.69) is 6.07 Å². The van der Waals surface area contributed by atoms with Crippen LogP contribution in [0.2, 0.25) is 0 Å². The molecule has 0 N–H and O–H groups in total. The molecule has 3 nitrogen and oxygen atoms in total. The van der Waals surface area contributed by atoms with Gasteiger partial charge in [-0.05, 0) is 18.4 Å². The van der Waals surface area contributed by atoms with Crippen LogP contribution in [0, 0.1) is 17.2 Å². The van der Waals surface area contributed by atoms with Crippen molar-refractivity contribution in [1.29, 1.82) is 5.26 Å². The van der Waals surface area contributed by atoms with Gasteiger partial charge in [0, 0.05) is 12.0 Å². The maximum absolute atomic E-state index is 10.6. The highest BCUT2D eigenvalue weighted by Gasteiger charge is 2.37. The lowest BCUT2D eigenvalue weighted by molar-refractivity contribution is -0.108. The Morgan fingerprint density at radius 3 is 2.61 bits per heavy atom. The summed E-state index contributed by atoms with van der Waals surface area (Å²) in [5.41, 5.74) is 0.194. The second-order valence-electron chi connectivity index (χ2n) is 4.64. The first kappa shape index (κ1) is 14.2. The number of benzene rings is 1. The third kappa shape index (κ3) is 2.53. The number of carbonyl (C=O) groups excluding carboxylic acids is 1. The fraction of sp³-hybridized carbons (Fsp3) is 0.467. The molecular formula is C15H19NO2. The smallest absolute Gasteiger partial charge is 0.123 e. The molecule has 0 bridgehead atoms. The number of ether oxygens (including phenoxy) is 1. The number of rotatable bonds is 6. The molecule has 96 valence electrons. The molecule has 3 heteroatoms. The van der Waals surface area contributed by atoms with Crippen LogP contribution < -0.4 is 4.74 Å². The fourth-order valence-corrected chi connectivity index (χ4v) is 2.28. The molecule has 1 aromatic rings. The van der Waals surface area contributed by atoms with Gasteiger partial charge in [0.25, 0.3) is 0 Å². The molecule has 0 spiro atoms. The lowest BCUT2D eigenvalue weighted by atomic mass is 9.69. The van der Waals surface area contributed by atoms with E-state index in [1.807, 2.05) is 38.1 Å². The first-order valence-corrected chi connectivity index (χ1v) is 6.10. The van der Waals surface area contributed by atoms with Crippen LogP contribution in [0.15, 0.2) is 24.3 Å². The number of nitriles is 1. The lowest BCUT2D eigenvalue weighted by Gasteiger charge is -2.32. The third-order valence-corrected chi connectivity index (χ3v) is 3.43. The van der Waals surface area contributed by atoms with E-state index in [4.69, 9.17) is 4.74 Å². The highest BCUT2D eigenvalue weighted by Crippen LogP contribution is 2.40. The summed E-state index contributed by atoms with van der Waals surface area (Å²) in [6.07, 6.45) is 1.76. The van der Waals surface area contributed by atoms with Crippen molar-refractivity contribution in [2.75, 3.05) is 7.11 Å². The number of hydrogen-bond acceptors (Lipinski definition) is 3. The van der Waals surface area contributed by atoms with Gasteiger partial charge in [-0.1, -0.05) is 32.0 Å². The molecule has 0 aromatic heterocycles. The van der Waals surface area contributed by atoms with Crippen molar-refractivity contribution in [2.45, 2.75) is 32.1 Å². The van der Waals surface area contributed by atoms with E-state index in [0.717, 1.165) is 11.8 Å². The zero-order valence-corrected chi connectivity index (χ0v) is 11.1. The van der Waals surface area contributed by atoms with Crippen molar-refractivity contribution in [1.82, 2.24) is 0 Å². The van der Waals surface area contributed by atoms with Crippen molar-refractivity contribution in [3.05, 3.63) is 29.8 Å². The van der Waals surface area contributed by atoms with Gasteiger partial charge in [-0.25, -0.2) is 0 Å². The monoisotopic (exact) mass is 245 g/mol. The molecule has 0 aliphatic carbocycles. The number of aldehydes is 1. The molecule has 1 unspecified atom stereocenters. The highest BCUT2D eigenvalue weighted by molar-refractivity contribution is 5.51. The maximum atomic E-state index is 10.6.